The average molecular weight is 626 g/mol. The Morgan fingerprint density at radius 1 is 0.742 bits per heavy atom. The molecule has 0 aliphatic heterocycles. The molecule has 0 aliphatic rings. The third-order valence-electron chi connectivity index (χ3n) is 4.27. The van der Waals surface area contributed by atoms with Gasteiger partial charge in [0.15, 0.2) is 0 Å². The van der Waals surface area contributed by atoms with Gasteiger partial charge in [0.05, 0.1) is 11.4 Å². The molecule has 164 valence electrons. The Bertz CT molecular complexity index is 964. The van der Waals surface area contributed by atoms with Crippen molar-refractivity contribution < 1.29 is 41.9 Å². The van der Waals surface area contributed by atoms with Crippen LogP contribution < -0.4 is 24.8 Å². The van der Waals surface area contributed by atoms with E-state index in [1.165, 1.54) is 0 Å². The van der Waals surface area contributed by atoms with Crippen molar-refractivity contribution in [1.82, 2.24) is 4.98 Å². The topological polar surface area (TPSA) is 37.6 Å². The van der Waals surface area contributed by atoms with Gasteiger partial charge in [-0.1, -0.05) is 50.1 Å². The Labute approximate surface area is 223 Å². The molecule has 31 heavy (non-hydrogen) atoms. The van der Waals surface area contributed by atoms with Crippen molar-refractivity contribution in [3.8, 4) is 0 Å². The molecule has 0 saturated carbocycles. The van der Waals surface area contributed by atoms with Crippen LogP contribution in [-0.2, 0) is 29.9 Å². The van der Waals surface area contributed by atoms with Crippen LogP contribution in [0.3, 0.4) is 0 Å². The van der Waals surface area contributed by atoms with Crippen molar-refractivity contribution in [1.29, 1.82) is 0 Å². The smallest absolute Gasteiger partial charge is 1.00 e. The van der Waals surface area contributed by atoms with Crippen molar-refractivity contribution >= 4 is 55.7 Å². The van der Waals surface area contributed by atoms with Gasteiger partial charge in [-0.25, -0.2) is 0 Å². The summed E-state index contributed by atoms with van der Waals surface area (Å²) in [5.74, 6) is 0. The standard InChI is InChI=1S/C23H21Br2N3.2ClH.Fe/c1-16-6-8-18(24)14-22(16)26-12-10-20-4-3-5-21(28-20)11-13-27-23-15-19(25)9-7-17(23)2;;;/h3-9,12-15H,10-11H2,1-2H3;2*1H;/q;;;+2/p-2. The van der Waals surface area contributed by atoms with E-state index in [0.29, 0.717) is 12.8 Å². The molecule has 0 atom stereocenters. The molecule has 8 heteroatoms. The van der Waals surface area contributed by atoms with Crippen LogP contribution >= 0.6 is 31.9 Å². The van der Waals surface area contributed by atoms with Crippen LogP contribution in [0, 0.1) is 13.8 Å². The van der Waals surface area contributed by atoms with E-state index < -0.39 is 0 Å². The van der Waals surface area contributed by atoms with Crippen molar-refractivity contribution in [2.24, 2.45) is 9.98 Å². The van der Waals surface area contributed by atoms with Crippen LogP contribution in [0.4, 0.5) is 11.4 Å². The van der Waals surface area contributed by atoms with Gasteiger partial charge >= 0.3 is 17.1 Å². The summed E-state index contributed by atoms with van der Waals surface area (Å²) >= 11 is 6.98. The van der Waals surface area contributed by atoms with E-state index in [1.807, 2.05) is 54.9 Å². The third kappa shape index (κ3) is 9.56. The van der Waals surface area contributed by atoms with Gasteiger partial charge in [-0.05, 0) is 61.4 Å². The van der Waals surface area contributed by atoms with Gasteiger partial charge in [0.2, 0.25) is 0 Å². The van der Waals surface area contributed by atoms with Crippen LogP contribution in [0.15, 0.2) is 73.5 Å². The number of rotatable bonds is 6. The van der Waals surface area contributed by atoms with E-state index in [-0.39, 0.29) is 41.9 Å². The minimum Gasteiger partial charge on any atom is -1.00 e. The van der Waals surface area contributed by atoms with Gasteiger partial charge < -0.3 is 24.8 Å². The number of hydrogen-bond donors (Lipinski definition) is 0. The zero-order chi connectivity index (χ0) is 19.9. The van der Waals surface area contributed by atoms with E-state index in [4.69, 9.17) is 4.98 Å². The number of nitrogens with zero attached hydrogens (tertiary/aromatic N) is 3. The molecule has 2 aromatic carbocycles. The number of aliphatic imine (C=N–C) groups is 2. The average Bonchev–Trinajstić information content (AvgIpc) is 2.68. The molecule has 1 heterocycles. The summed E-state index contributed by atoms with van der Waals surface area (Å²) < 4.78 is 2.07. The van der Waals surface area contributed by atoms with Crippen molar-refractivity contribution in [2.75, 3.05) is 0 Å². The monoisotopic (exact) mass is 623 g/mol. The molecule has 0 fully saturated rings. The summed E-state index contributed by atoms with van der Waals surface area (Å²) in [6.07, 6.45) is 5.23. The van der Waals surface area contributed by atoms with E-state index in [1.54, 1.807) is 0 Å². The first-order valence-corrected chi connectivity index (χ1v) is 10.6. The van der Waals surface area contributed by atoms with Crippen molar-refractivity contribution in [2.45, 2.75) is 26.7 Å². The van der Waals surface area contributed by atoms with Gasteiger partial charge in [-0.2, -0.15) is 0 Å². The van der Waals surface area contributed by atoms with Crippen molar-refractivity contribution in [3.63, 3.8) is 0 Å². The normalized spacial score (nSPS) is 10.5. The summed E-state index contributed by atoms with van der Waals surface area (Å²) in [5.41, 5.74) is 6.26. The molecular weight excluding hydrogens is 605 g/mol. The Morgan fingerprint density at radius 2 is 1.16 bits per heavy atom. The number of benzene rings is 2. The fourth-order valence-electron chi connectivity index (χ4n) is 2.67. The molecule has 0 bridgehead atoms. The predicted molar refractivity (Wildman–Crippen MR) is 126 cm³/mol. The minimum absolute atomic E-state index is 0. The first-order valence-electron chi connectivity index (χ1n) is 9.03. The molecule has 0 spiro atoms. The summed E-state index contributed by atoms with van der Waals surface area (Å²) in [6, 6.07) is 18.3. The van der Waals surface area contributed by atoms with Crippen LogP contribution in [0.5, 0.6) is 0 Å². The second-order valence-corrected chi connectivity index (χ2v) is 8.34. The van der Waals surface area contributed by atoms with Gasteiger partial charge in [0, 0.05) is 45.6 Å². The van der Waals surface area contributed by atoms with Gasteiger partial charge in [0.1, 0.15) is 0 Å². The quantitative estimate of drug-likeness (QED) is 0.299. The number of aromatic nitrogens is 1. The van der Waals surface area contributed by atoms with Gasteiger partial charge in [0.25, 0.3) is 0 Å². The fourth-order valence-corrected chi connectivity index (χ4v) is 3.37. The predicted octanol–water partition coefficient (Wildman–Crippen LogP) is 1.12. The van der Waals surface area contributed by atoms with E-state index in [0.717, 1.165) is 42.8 Å². The molecule has 0 unspecified atom stereocenters. The van der Waals surface area contributed by atoms with Crippen LogP contribution in [0.25, 0.3) is 0 Å². The minimum atomic E-state index is 0. The Hall–Kier alpha value is -1.01. The molecule has 0 amide bonds. The number of aryl methyl sites for hydroxylation is 2. The molecule has 0 N–H and O–H groups in total. The summed E-state index contributed by atoms with van der Waals surface area (Å²) in [7, 11) is 0. The maximum absolute atomic E-state index is 4.71. The van der Waals surface area contributed by atoms with Crippen LogP contribution in [0.1, 0.15) is 22.5 Å². The second-order valence-electron chi connectivity index (χ2n) is 6.51. The maximum atomic E-state index is 4.71. The molecule has 1 aromatic heterocycles. The van der Waals surface area contributed by atoms with E-state index in [2.05, 4.69) is 67.8 Å². The van der Waals surface area contributed by atoms with Gasteiger partial charge in [-0.15, -0.1) is 0 Å². The zero-order valence-corrected chi connectivity index (χ0v) is 22.8. The maximum Gasteiger partial charge on any atom is 2.00 e. The summed E-state index contributed by atoms with van der Waals surface area (Å²) in [4.78, 5) is 13.9. The zero-order valence-electron chi connectivity index (χ0n) is 17.0. The van der Waals surface area contributed by atoms with Crippen molar-refractivity contribution in [3.05, 3.63) is 86.1 Å². The molecule has 3 aromatic rings. The number of halogens is 4. The third-order valence-corrected chi connectivity index (χ3v) is 5.25. The van der Waals surface area contributed by atoms with Gasteiger partial charge in [-0.3, -0.25) is 15.0 Å². The number of pyridine rings is 1. The molecule has 0 saturated heterocycles. The van der Waals surface area contributed by atoms with E-state index in [9.17, 15) is 0 Å². The molecule has 3 nitrogen and oxygen atoms in total. The Balaban J connectivity index is 0.00000300. The Kier molecular flexibility index (Phi) is 14.5. The molecule has 0 aliphatic carbocycles. The summed E-state index contributed by atoms with van der Waals surface area (Å²) in [5, 5.41) is 0. The first-order chi connectivity index (χ1) is 13.5. The number of hydrogen-bond acceptors (Lipinski definition) is 3. The summed E-state index contributed by atoms with van der Waals surface area (Å²) in [6.45, 7) is 4.12. The SMILES string of the molecule is Cc1ccc(Br)cc1N=CCc1cccc(CC=Nc2cc(Br)ccc2C)n1.[Cl-].[Cl-].[Fe+2]. The Morgan fingerprint density at radius 3 is 1.58 bits per heavy atom. The van der Waals surface area contributed by atoms with Crippen LogP contribution in [-0.4, -0.2) is 17.4 Å². The molecule has 3 rings (SSSR count). The molecular formula is C23H21Br2Cl2FeN3. The molecule has 0 radical (unpaired) electrons. The van der Waals surface area contributed by atoms with Crippen LogP contribution in [0.2, 0.25) is 0 Å². The fraction of sp³-hybridized carbons (Fsp3) is 0.174. The van der Waals surface area contributed by atoms with E-state index >= 15 is 0 Å². The largest absolute Gasteiger partial charge is 2.00 e. The second kappa shape index (κ2) is 14.9. The first kappa shape index (κ1) is 30.0.